The summed E-state index contributed by atoms with van der Waals surface area (Å²) in [7, 11) is 0. The summed E-state index contributed by atoms with van der Waals surface area (Å²) in [6.07, 6.45) is 1.47. The van der Waals surface area contributed by atoms with Gasteiger partial charge in [-0.05, 0) is 44.0 Å². The van der Waals surface area contributed by atoms with Crippen LogP contribution in [0.5, 0.6) is 11.5 Å². The van der Waals surface area contributed by atoms with Crippen molar-refractivity contribution in [1.82, 2.24) is 0 Å². The van der Waals surface area contributed by atoms with Crippen molar-refractivity contribution in [1.29, 1.82) is 0 Å². The Labute approximate surface area is 123 Å². The van der Waals surface area contributed by atoms with Crippen LogP contribution in [0, 0.1) is 6.92 Å². The molecule has 1 aliphatic carbocycles. The Kier molecular flexibility index (Phi) is 3.39. The molecule has 0 unspecified atom stereocenters. The van der Waals surface area contributed by atoms with E-state index in [9.17, 15) is 4.79 Å². The van der Waals surface area contributed by atoms with Crippen LogP contribution in [0.4, 0.5) is 5.69 Å². The van der Waals surface area contributed by atoms with Crippen LogP contribution in [0.2, 0.25) is 0 Å². The third-order valence-corrected chi connectivity index (χ3v) is 3.62. The van der Waals surface area contributed by atoms with Crippen molar-refractivity contribution in [2.24, 2.45) is 5.73 Å². The Bertz CT molecular complexity index is 661. The highest BCUT2D eigenvalue weighted by Crippen LogP contribution is 2.35. The summed E-state index contributed by atoms with van der Waals surface area (Å²) in [6, 6.07) is 15.1. The van der Waals surface area contributed by atoms with E-state index < -0.39 is 5.54 Å². The number of hydrogen-bond acceptors (Lipinski definition) is 3. The van der Waals surface area contributed by atoms with Crippen LogP contribution in [-0.4, -0.2) is 11.4 Å². The van der Waals surface area contributed by atoms with E-state index in [1.807, 2.05) is 55.5 Å². The van der Waals surface area contributed by atoms with E-state index in [-0.39, 0.29) is 5.91 Å². The summed E-state index contributed by atoms with van der Waals surface area (Å²) in [5.41, 5.74) is 7.01. The van der Waals surface area contributed by atoms with Gasteiger partial charge >= 0.3 is 0 Å². The van der Waals surface area contributed by atoms with Crippen molar-refractivity contribution in [2.45, 2.75) is 25.3 Å². The van der Waals surface area contributed by atoms with Gasteiger partial charge in [-0.2, -0.15) is 0 Å². The van der Waals surface area contributed by atoms with Gasteiger partial charge in [0, 0.05) is 0 Å². The molecule has 0 bridgehead atoms. The van der Waals surface area contributed by atoms with Crippen molar-refractivity contribution < 1.29 is 9.53 Å². The molecule has 0 saturated heterocycles. The van der Waals surface area contributed by atoms with Crippen molar-refractivity contribution in [3.63, 3.8) is 0 Å². The van der Waals surface area contributed by atoms with Crippen LogP contribution in [0.1, 0.15) is 18.4 Å². The average molecular weight is 282 g/mol. The molecule has 0 heterocycles. The lowest BCUT2D eigenvalue weighted by Crippen LogP contribution is -2.37. The standard InChI is InChI=1S/C17H18N2O2/c1-12-6-8-13(9-7-12)21-15-5-3-2-4-14(15)19-16(20)17(18)10-11-17/h2-9H,10-11,18H2,1H3,(H,19,20). The molecule has 0 aromatic heterocycles. The van der Waals surface area contributed by atoms with Gasteiger partial charge in [0.1, 0.15) is 5.75 Å². The molecule has 2 aromatic rings. The zero-order chi connectivity index (χ0) is 14.9. The quantitative estimate of drug-likeness (QED) is 0.905. The van der Waals surface area contributed by atoms with Gasteiger partial charge in [0.05, 0.1) is 11.2 Å². The predicted molar refractivity (Wildman–Crippen MR) is 82.5 cm³/mol. The highest BCUT2D eigenvalue weighted by atomic mass is 16.5. The van der Waals surface area contributed by atoms with E-state index in [4.69, 9.17) is 10.5 Å². The number of nitrogens with two attached hydrogens (primary N) is 1. The molecule has 108 valence electrons. The third kappa shape index (κ3) is 3.06. The molecule has 3 N–H and O–H groups in total. The van der Waals surface area contributed by atoms with Gasteiger partial charge in [-0.1, -0.05) is 29.8 Å². The molecule has 0 spiro atoms. The van der Waals surface area contributed by atoms with Gasteiger partial charge in [-0.25, -0.2) is 0 Å². The third-order valence-electron chi connectivity index (χ3n) is 3.62. The van der Waals surface area contributed by atoms with Crippen molar-refractivity contribution in [3.05, 3.63) is 54.1 Å². The Morgan fingerprint density at radius 3 is 2.48 bits per heavy atom. The van der Waals surface area contributed by atoms with E-state index in [2.05, 4.69) is 5.32 Å². The van der Waals surface area contributed by atoms with Crippen molar-refractivity contribution >= 4 is 11.6 Å². The average Bonchev–Trinajstić information content (AvgIpc) is 3.23. The molecule has 0 radical (unpaired) electrons. The summed E-state index contributed by atoms with van der Waals surface area (Å²) in [4.78, 5) is 12.1. The van der Waals surface area contributed by atoms with E-state index in [1.54, 1.807) is 0 Å². The molecular formula is C17H18N2O2. The fourth-order valence-corrected chi connectivity index (χ4v) is 2.00. The van der Waals surface area contributed by atoms with Crippen LogP contribution < -0.4 is 15.8 Å². The fourth-order valence-electron chi connectivity index (χ4n) is 2.00. The Morgan fingerprint density at radius 2 is 1.81 bits per heavy atom. The number of para-hydroxylation sites is 2. The lowest BCUT2D eigenvalue weighted by Gasteiger charge is -2.14. The summed E-state index contributed by atoms with van der Waals surface area (Å²) in [5, 5.41) is 2.86. The van der Waals surface area contributed by atoms with Crippen LogP contribution in [0.25, 0.3) is 0 Å². The molecule has 2 aromatic carbocycles. The van der Waals surface area contributed by atoms with Crippen molar-refractivity contribution in [3.8, 4) is 11.5 Å². The SMILES string of the molecule is Cc1ccc(Oc2ccccc2NC(=O)C2(N)CC2)cc1. The first kappa shape index (κ1) is 13.6. The van der Waals surface area contributed by atoms with Gasteiger partial charge in [0.2, 0.25) is 5.91 Å². The number of ether oxygens (including phenoxy) is 1. The minimum Gasteiger partial charge on any atom is -0.455 e. The predicted octanol–water partition coefficient (Wildman–Crippen LogP) is 3.22. The molecule has 1 fully saturated rings. The van der Waals surface area contributed by atoms with Crippen LogP contribution >= 0.6 is 0 Å². The number of benzene rings is 2. The molecule has 1 saturated carbocycles. The van der Waals surface area contributed by atoms with Crippen molar-refractivity contribution in [2.75, 3.05) is 5.32 Å². The number of aryl methyl sites for hydroxylation is 1. The molecule has 1 aliphatic rings. The largest absolute Gasteiger partial charge is 0.455 e. The number of anilines is 1. The molecule has 0 atom stereocenters. The second-order valence-electron chi connectivity index (χ2n) is 5.52. The Morgan fingerprint density at radius 1 is 1.14 bits per heavy atom. The lowest BCUT2D eigenvalue weighted by atomic mass is 10.2. The lowest BCUT2D eigenvalue weighted by molar-refractivity contribution is -0.118. The van der Waals surface area contributed by atoms with E-state index in [1.165, 1.54) is 5.56 Å². The zero-order valence-electron chi connectivity index (χ0n) is 11.9. The first-order valence-electron chi connectivity index (χ1n) is 7.01. The second kappa shape index (κ2) is 5.22. The van der Waals surface area contributed by atoms with Gasteiger partial charge in [0.25, 0.3) is 0 Å². The van der Waals surface area contributed by atoms with E-state index in [0.29, 0.717) is 11.4 Å². The highest BCUT2D eigenvalue weighted by molar-refractivity contribution is 6.01. The number of carbonyl (C=O) groups is 1. The molecule has 1 amide bonds. The maximum atomic E-state index is 12.1. The van der Waals surface area contributed by atoms with Gasteiger partial charge < -0.3 is 15.8 Å². The summed E-state index contributed by atoms with van der Waals surface area (Å²) in [6.45, 7) is 2.02. The molecule has 3 rings (SSSR count). The molecule has 0 aliphatic heterocycles. The van der Waals surface area contributed by atoms with Gasteiger partial charge in [0.15, 0.2) is 5.75 Å². The van der Waals surface area contributed by atoms with E-state index >= 15 is 0 Å². The van der Waals surface area contributed by atoms with Crippen LogP contribution in [-0.2, 0) is 4.79 Å². The maximum Gasteiger partial charge on any atom is 0.244 e. The minimum absolute atomic E-state index is 0.151. The number of rotatable bonds is 4. The Hall–Kier alpha value is -2.33. The van der Waals surface area contributed by atoms with Crippen LogP contribution in [0.3, 0.4) is 0 Å². The normalized spacial score (nSPS) is 15.3. The van der Waals surface area contributed by atoms with Gasteiger partial charge in [-0.3, -0.25) is 4.79 Å². The molecule has 4 heteroatoms. The number of carbonyl (C=O) groups excluding carboxylic acids is 1. The van der Waals surface area contributed by atoms with Crippen LogP contribution in [0.15, 0.2) is 48.5 Å². The molecule has 21 heavy (non-hydrogen) atoms. The molecular weight excluding hydrogens is 264 g/mol. The smallest absolute Gasteiger partial charge is 0.244 e. The zero-order valence-corrected chi connectivity index (χ0v) is 11.9. The second-order valence-corrected chi connectivity index (χ2v) is 5.52. The number of nitrogens with one attached hydrogen (secondary N) is 1. The maximum absolute atomic E-state index is 12.1. The highest BCUT2D eigenvalue weighted by Gasteiger charge is 2.46. The monoisotopic (exact) mass is 282 g/mol. The fraction of sp³-hybridized carbons (Fsp3) is 0.235. The summed E-state index contributed by atoms with van der Waals surface area (Å²) >= 11 is 0. The Balaban J connectivity index is 1.79. The summed E-state index contributed by atoms with van der Waals surface area (Å²) in [5.74, 6) is 1.19. The van der Waals surface area contributed by atoms with Gasteiger partial charge in [-0.15, -0.1) is 0 Å². The first-order chi connectivity index (χ1) is 10.1. The molecule has 4 nitrogen and oxygen atoms in total. The minimum atomic E-state index is -0.697. The number of hydrogen-bond donors (Lipinski definition) is 2. The van der Waals surface area contributed by atoms with E-state index in [0.717, 1.165) is 18.6 Å². The number of amides is 1. The topological polar surface area (TPSA) is 64.3 Å². The summed E-state index contributed by atoms with van der Waals surface area (Å²) < 4.78 is 5.84. The first-order valence-corrected chi connectivity index (χ1v) is 7.01.